The molecular weight excluding hydrogens is 140 g/mol. The number of hydrogen-bond donors (Lipinski definition) is 1. The molecule has 0 spiro atoms. The van der Waals surface area contributed by atoms with Crippen molar-refractivity contribution in [1.82, 2.24) is 9.97 Å². The summed E-state index contributed by atoms with van der Waals surface area (Å²) in [4.78, 5) is 7.60. The van der Waals surface area contributed by atoms with Gasteiger partial charge in [0.2, 0.25) is 0 Å². The highest BCUT2D eigenvalue weighted by Gasteiger charge is 1.99. The van der Waals surface area contributed by atoms with Crippen LogP contribution in [0, 0.1) is 13.8 Å². The van der Waals surface area contributed by atoms with Gasteiger partial charge in [-0.3, -0.25) is 0 Å². The van der Waals surface area contributed by atoms with E-state index in [0.717, 1.165) is 20.7 Å². The molecule has 0 saturated heterocycles. The molecule has 0 aliphatic carbocycles. The van der Waals surface area contributed by atoms with Gasteiger partial charge in [0.1, 0.15) is 9.52 Å². The van der Waals surface area contributed by atoms with Gasteiger partial charge >= 0.3 is 0 Å². The van der Waals surface area contributed by atoms with Gasteiger partial charge in [-0.2, -0.15) is 0 Å². The molecule has 1 aromatic heterocycles. The minimum Gasteiger partial charge on any atom is -0.350 e. The van der Waals surface area contributed by atoms with E-state index in [4.69, 9.17) is 0 Å². The lowest BCUT2D eigenvalue weighted by atomic mass is 10.4. The first-order valence-corrected chi connectivity index (χ1v) is 4.71. The normalized spacial score (nSPS) is 10.3. The van der Waals surface area contributed by atoms with Crippen LogP contribution in [0.5, 0.6) is 0 Å². The Morgan fingerprint density at radius 2 is 2.20 bits per heavy atom. The van der Waals surface area contributed by atoms with Crippen molar-refractivity contribution in [2.75, 3.05) is 0 Å². The average Bonchev–Trinajstić information content (AvgIpc) is 2.14. The summed E-state index contributed by atoms with van der Waals surface area (Å²) >= 11 is 0. The van der Waals surface area contributed by atoms with Crippen LogP contribution < -0.4 is 5.45 Å². The minimum atomic E-state index is 0.838. The van der Waals surface area contributed by atoms with Crippen molar-refractivity contribution in [2.45, 2.75) is 26.8 Å². The highest BCUT2D eigenvalue weighted by Crippen LogP contribution is 1.94. The number of aromatic amines is 1. The largest absolute Gasteiger partial charge is 0.350 e. The number of imidazole rings is 1. The molecule has 3 heteroatoms. The summed E-state index contributed by atoms with van der Waals surface area (Å²) in [6, 6.07) is 1.19. The first-order valence-electron chi connectivity index (χ1n) is 3.51. The van der Waals surface area contributed by atoms with E-state index in [1.807, 2.05) is 6.92 Å². The summed E-state index contributed by atoms with van der Waals surface area (Å²) in [5.41, 5.74) is 3.49. The Balaban J connectivity index is 2.77. The predicted molar refractivity (Wildman–Crippen MR) is 43.9 cm³/mol. The van der Waals surface area contributed by atoms with Gasteiger partial charge in [0.15, 0.2) is 0 Å². The van der Waals surface area contributed by atoms with Gasteiger partial charge in [0, 0.05) is 5.69 Å². The van der Waals surface area contributed by atoms with Gasteiger partial charge in [-0.25, -0.2) is 4.98 Å². The van der Waals surface area contributed by atoms with Gasteiger partial charge in [-0.1, -0.05) is 13.0 Å². The van der Waals surface area contributed by atoms with Gasteiger partial charge in [-0.05, 0) is 13.8 Å². The summed E-state index contributed by atoms with van der Waals surface area (Å²) in [6.07, 6.45) is 0. The van der Waals surface area contributed by atoms with Gasteiger partial charge in [0.05, 0.1) is 11.1 Å². The Labute approximate surface area is 63.9 Å². The minimum absolute atomic E-state index is 0.838. The fourth-order valence-electron chi connectivity index (χ4n) is 0.799. The fraction of sp³-hybridized carbons (Fsp3) is 0.571. The van der Waals surface area contributed by atoms with Crippen LogP contribution in [0.2, 0.25) is 6.04 Å². The highest BCUT2D eigenvalue weighted by molar-refractivity contribution is 6.51. The van der Waals surface area contributed by atoms with Crippen molar-refractivity contribution in [2.24, 2.45) is 0 Å². The molecule has 54 valence electrons. The predicted octanol–water partition coefficient (Wildman–Crippen LogP) is 0.794. The first kappa shape index (κ1) is 7.53. The van der Waals surface area contributed by atoms with Crippen LogP contribution in [0.25, 0.3) is 0 Å². The molecule has 0 unspecified atom stereocenters. The topological polar surface area (TPSA) is 28.7 Å². The number of aromatic nitrogens is 2. The van der Waals surface area contributed by atoms with E-state index in [-0.39, 0.29) is 0 Å². The van der Waals surface area contributed by atoms with Crippen LogP contribution in [-0.2, 0) is 0 Å². The lowest BCUT2D eigenvalue weighted by molar-refractivity contribution is 1.22. The second-order valence-corrected chi connectivity index (χ2v) is 3.86. The van der Waals surface area contributed by atoms with Crippen LogP contribution in [0.1, 0.15) is 18.3 Å². The van der Waals surface area contributed by atoms with Gasteiger partial charge in [-0.15, -0.1) is 0 Å². The van der Waals surface area contributed by atoms with Gasteiger partial charge in [0.25, 0.3) is 0 Å². The Morgan fingerprint density at radius 3 is 2.60 bits per heavy atom. The maximum Gasteiger partial charge on any atom is 0.132 e. The van der Waals surface area contributed by atoms with Crippen LogP contribution in [-0.4, -0.2) is 19.5 Å². The molecule has 0 bridgehead atoms. The Morgan fingerprint density at radius 1 is 1.50 bits per heavy atom. The van der Waals surface area contributed by atoms with Crippen LogP contribution in [0.15, 0.2) is 0 Å². The van der Waals surface area contributed by atoms with Crippen LogP contribution in [0.4, 0.5) is 0 Å². The number of nitrogens with one attached hydrogen (secondary N) is 1. The van der Waals surface area contributed by atoms with E-state index in [1.54, 1.807) is 0 Å². The molecule has 1 N–H and O–H groups in total. The monoisotopic (exact) mass is 152 g/mol. The smallest absolute Gasteiger partial charge is 0.132 e. The third kappa shape index (κ3) is 1.47. The standard InChI is InChI=1S/C7H12N2Si/c1-4-10-7-8-5(2)6(3)9-7/h4H2,1-3H3,(H,8,9). The molecule has 0 amide bonds. The molecule has 2 radical (unpaired) electrons. The van der Waals surface area contributed by atoms with Crippen LogP contribution in [0.3, 0.4) is 0 Å². The maximum atomic E-state index is 4.36. The molecule has 2 nitrogen and oxygen atoms in total. The molecule has 1 aromatic rings. The zero-order valence-corrected chi connectivity index (χ0v) is 7.65. The number of nitrogens with zero attached hydrogens (tertiary/aromatic N) is 1. The van der Waals surface area contributed by atoms with Crippen molar-refractivity contribution in [3.05, 3.63) is 11.4 Å². The van der Waals surface area contributed by atoms with Crippen molar-refractivity contribution >= 4 is 15.0 Å². The molecule has 1 heterocycles. The second kappa shape index (κ2) is 3.01. The molecule has 0 saturated carbocycles. The van der Waals surface area contributed by atoms with Crippen molar-refractivity contribution in [3.8, 4) is 0 Å². The fourth-order valence-corrected chi connectivity index (χ4v) is 1.66. The highest BCUT2D eigenvalue weighted by atomic mass is 28.2. The van der Waals surface area contributed by atoms with E-state index in [1.165, 1.54) is 11.7 Å². The van der Waals surface area contributed by atoms with E-state index >= 15 is 0 Å². The van der Waals surface area contributed by atoms with E-state index in [9.17, 15) is 0 Å². The molecule has 0 aliphatic heterocycles. The second-order valence-electron chi connectivity index (χ2n) is 2.33. The Kier molecular flexibility index (Phi) is 2.27. The third-order valence-electron chi connectivity index (χ3n) is 1.47. The number of rotatable bonds is 2. The lowest BCUT2D eigenvalue weighted by Gasteiger charge is -1.85. The van der Waals surface area contributed by atoms with E-state index in [2.05, 4.69) is 23.8 Å². The summed E-state index contributed by atoms with van der Waals surface area (Å²) in [6.45, 7) is 6.27. The number of aryl methyl sites for hydroxylation is 2. The molecule has 0 aliphatic rings. The van der Waals surface area contributed by atoms with Crippen LogP contribution >= 0.6 is 0 Å². The first-order chi connectivity index (χ1) is 4.74. The number of H-pyrrole nitrogens is 1. The molecule has 0 atom stereocenters. The van der Waals surface area contributed by atoms with E-state index in [0.29, 0.717) is 0 Å². The maximum absolute atomic E-state index is 4.36. The summed E-state index contributed by atoms with van der Waals surface area (Å²) in [5.74, 6) is 0. The molecular formula is C7H12N2Si. The molecule has 0 aromatic carbocycles. The van der Waals surface area contributed by atoms with Crippen molar-refractivity contribution in [3.63, 3.8) is 0 Å². The zero-order valence-electron chi connectivity index (χ0n) is 6.65. The molecule has 10 heavy (non-hydrogen) atoms. The van der Waals surface area contributed by atoms with Crippen molar-refractivity contribution in [1.29, 1.82) is 0 Å². The van der Waals surface area contributed by atoms with Gasteiger partial charge < -0.3 is 4.98 Å². The third-order valence-corrected chi connectivity index (χ3v) is 2.40. The quantitative estimate of drug-likeness (QED) is 0.624. The summed E-state index contributed by atoms with van der Waals surface area (Å²) < 4.78 is 0. The number of hydrogen-bond acceptors (Lipinski definition) is 1. The summed E-state index contributed by atoms with van der Waals surface area (Å²) in [5, 5.41) is 0. The molecule has 0 fully saturated rings. The molecule has 1 rings (SSSR count). The Bertz CT molecular complexity index is 198. The zero-order chi connectivity index (χ0) is 7.56. The van der Waals surface area contributed by atoms with Crippen molar-refractivity contribution < 1.29 is 0 Å². The lowest BCUT2D eigenvalue weighted by Crippen LogP contribution is -2.17. The SMILES string of the molecule is CC[Si]c1nc(C)c(C)[nH]1. The summed E-state index contributed by atoms with van der Waals surface area (Å²) in [7, 11) is 0.838. The van der Waals surface area contributed by atoms with E-state index < -0.39 is 0 Å². The average molecular weight is 152 g/mol. The Hall–Kier alpha value is -0.573.